The maximum Gasteiger partial charge on any atom is 0.434 e. The molecule has 0 saturated carbocycles. The van der Waals surface area contributed by atoms with Crippen LogP contribution in [0.2, 0.25) is 0 Å². The number of halogens is 3. The summed E-state index contributed by atoms with van der Waals surface area (Å²) in [5, 5.41) is -0.666. The topological polar surface area (TPSA) is 107 Å². The molecule has 34 heavy (non-hydrogen) atoms. The number of sulfonamides is 1. The Morgan fingerprint density at radius 1 is 1.00 bits per heavy atom. The fourth-order valence-corrected chi connectivity index (χ4v) is 4.08. The van der Waals surface area contributed by atoms with Crippen LogP contribution in [-0.2, 0) is 29.2 Å². The molecule has 0 bridgehead atoms. The molecular formula is C22H18F3N5O3S. The molecule has 0 fully saturated rings. The number of alkyl halides is 3. The van der Waals surface area contributed by atoms with Crippen molar-refractivity contribution in [2.75, 3.05) is 11.0 Å². The van der Waals surface area contributed by atoms with Crippen molar-refractivity contribution in [2.24, 2.45) is 0 Å². The van der Waals surface area contributed by atoms with Crippen LogP contribution in [0.3, 0.4) is 0 Å². The lowest BCUT2D eigenvalue weighted by Crippen LogP contribution is -2.27. The fourth-order valence-electron chi connectivity index (χ4n) is 3.52. The van der Waals surface area contributed by atoms with E-state index >= 15 is 0 Å². The maximum atomic E-state index is 13.6. The van der Waals surface area contributed by atoms with Crippen LogP contribution < -0.4 is 10.3 Å². The van der Waals surface area contributed by atoms with Crippen molar-refractivity contribution < 1.29 is 21.6 Å². The summed E-state index contributed by atoms with van der Waals surface area (Å²) < 4.78 is 68.0. The van der Waals surface area contributed by atoms with Gasteiger partial charge >= 0.3 is 6.18 Å². The molecule has 1 N–H and O–H groups in total. The van der Waals surface area contributed by atoms with E-state index in [4.69, 9.17) is 0 Å². The van der Waals surface area contributed by atoms with E-state index in [0.29, 0.717) is 6.42 Å². The van der Waals surface area contributed by atoms with Crippen LogP contribution in [0.25, 0.3) is 22.4 Å². The van der Waals surface area contributed by atoms with Crippen LogP contribution in [0.1, 0.15) is 11.3 Å². The number of pyridine rings is 2. The second kappa shape index (κ2) is 8.86. The Bertz CT molecular complexity index is 1520. The fraction of sp³-hybridized carbons (Fsp3) is 0.182. The lowest BCUT2D eigenvalue weighted by Gasteiger charge is -2.17. The van der Waals surface area contributed by atoms with E-state index in [2.05, 4.69) is 19.7 Å². The van der Waals surface area contributed by atoms with Gasteiger partial charge in [-0.1, -0.05) is 30.3 Å². The molecule has 0 unspecified atom stereocenters. The largest absolute Gasteiger partial charge is 0.434 e. The molecule has 0 spiro atoms. The Kier molecular flexibility index (Phi) is 6.09. The Hall–Kier alpha value is -3.80. The van der Waals surface area contributed by atoms with Crippen molar-refractivity contribution in [1.82, 2.24) is 19.5 Å². The summed E-state index contributed by atoms with van der Waals surface area (Å²) in [6.45, 7) is -0.0256. The zero-order chi connectivity index (χ0) is 24.5. The van der Waals surface area contributed by atoms with E-state index in [1.165, 1.54) is 24.4 Å². The Morgan fingerprint density at radius 2 is 1.74 bits per heavy atom. The number of aryl methyl sites for hydroxylation is 1. The SMILES string of the molecule is CS(=O)(=O)Nc1cccnc1-c1nc2ccnc(C(F)(F)F)c2c(=O)n1CCc1ccccc1. The van der Waals surface area contributed by atoms with E-state index in [-0.39, 0.29) is 29.3 Å². The van der Waals surface area contributed by atoms with Gasteiger partial charge in [-0.15, -0.1) is 0 Å². The first-order valence-electron chi connectivity index (χ1n) is 9.98. The van der Waals surface area contributed by atoms with Gasteiger partial charge in [0.05, 0.1) is 22.8 Å². The summed E-state index contributed by atoms with van der Waals surface area (Å²) in [5.41, 5.74) is -1.63. The number of fused-ring (bicyclic) bond motifs is 1. The molecule has 0 aliphatic carbocycles. The van der Waals surface area contributed by atoms with E-state index in [9.17, 15) is 26.4 Å². The number of hydrogen-bond donors (Lipinski definition) is 1. The molecule has 176 valence electrons. The lowest BCUT2D eigenvalue weighted by atomic mass is 10.1. The molecule has 0 aliphatic rings. The zero-order valence-electron chi connectivity index (χ0n) is 17.7. The Balaban J connectivity index is 1.99. The maximum absolute atomic E-state index is 13.6. The first kappa shape index (κ1) is 23.4. The van der Waals surface area contributed by atoms with Crippen LogP contribution in [0.5, 0.6) is 0 Å². The van der Waals surface area contributed by atoms with E-state index in [1.807, 2.05) is 18.2 Å². The molecule has 0 radical (unpaired) electrons. The van der Waals surface area contributed by atoms with Crippen LogP contribution in [0.4, 0.5) is 18.9 Å². The normalized spacial score (nSPS) is 12.1. The predicted octanol–water partition coefficient (Wildman–Crippen LogP) is 3.49. The van der Waals surface area contributed by atoms with Crippen LogP contribution in [0, 0.1) is 0 Å². The molecule has 12 heteroatoms. The minimum atomic E-state index is -4.87. The number of aromatic nitrogens is 4. The first-order chi connectivity index (χ1) is 16.0. The van der Waals surface area contributed by atoms with Crippen molar-refractivity contribution in [3.63, 3.8) is 0 Å². The van der Waals surface area contributed by atoms with Gasteiger partial charge in [0.2, 0.25) is 10.0 Å². The molecule has 3 aromatic heterocycles. The number of rotatable bonds is 6. The monoisotopic (exact) mass is 489 g/mol. The van der Waals surface area contributed by atoms with Gasteiger partial charge in [0.25, 0.3) is 5.56 Å². The molecule has 8 nitrogen and oxygen atoms in total. The minimum absolute atomic E-state index is 0.00496. The Labute approximate surface area is 192 Å². The van der Waals surface area contributed by atoms with Gasteiger partial charge in [0.1, 0.15) is 5.69 Å². The molecule has 4 aromatic rings. The molecule has 0 aliphatic heterocycles. The summed E-state index contributed by atoms with van der Waals surface area (Å²) in [5.74, 6) is -0.0699. The molecular weight excluding hydrogens is 471 g/mol. The first-order valence-corrected chi connectivity index (χ1v) is 11.9. The van der Waals surface area contributed by atoms with Crippen molar-refractivity contribution >= 4 is 26.6 Å². The summed E-state index contributed by atoms with van der Waals surface area (Å²) in [4.78, 5) is 25.3. The van der Waals surface area contributed by atoms with Crippen LogP contribution >= 0.6 is 0 Å². The second-order valence-electron chi connectivity index (χ2n) is 7.45. The lowest BCUT2D eigenvalue weighted by molar-refractivity contribution is -0.139. The molecule has 4 rings (SSSR count). The zero-order valence-corrected chi connectivity index (χ0v) is 18.6. The van der Waals surface area contributed by atoms with E-state index in [1.54, 1.807) is 12.1 Å². The van der Waals surface area contributed by atoms with Crippen molar-refractivity contribution in [1.29, 1.82) is 0 Å². The van der Waals surface area contributed by atoms with Gasteiger partial charge in [0, 0.05) is 18.9 Å². The number of anilines is 1. The second-order valence-corrected chi connectivity index (χ2v) is 9.20. The smallest absolute Gasteiger partial charge is 0.290 e. The van der Waals surface area contributed by atoms with Gasteiger partial charge in [-0.2, -0.15) is 13.2 Å². The standard InChI is InChI=1S/C22H18F3N5O3S/c1-34(32,33)29-16-8-5-11-26-18(16)20-28-15-9-12-27-19(22(23,24)25)17(15)21(31)30(20)13-10-14-6-3-2-4-7-14/h2-9,11-12,29H,10,13H2,1H3. The highest BCUT2D eigenvalue weighted by molar-refractivity contribution is 7.92. The Morgan fingerprint density at radius 3 is 2.41 bits per heavy atom. The number of benzene rings is 1. The quantitative estimate of drug-likeness (QED) is 0.444. The minimum Gasteiger partial charge on any atom is -0.290 e. The van der Waals surface area contributed by atoms with Crippen molar-refractivity contribution in [2.45, 2.75) is 19.1 Å². The van der Waals surface area contributed by atoms with E-state index in [0.717, 1.165) is 22.6 Å². The number of hydrogen-bond acceptors (Lipinski definition) is 6. The number of nitrogens with zero attached hydrogens (tertiary/aromatic N) is 4. The number of nitrogens with one attached hydrogen (secondary N) is 1. The highest BCUT2D eigenvalue weighted by Crippen LogP contribution is 2.32. The molecule has 1 aromatic carbocycles. The third kappa shape index (κ3) is 4.91. The molecule has 0 saturated heterocycles. The van der Waals surface area contributed by atoms with Gasteiger partial charge < -0.3 is 0 Å². The van der Waals surface area contributed by atoms with Crippen LogP contribution in [0.15, 0.2) is 65.7 Å². The van der Waals surface area contributed by atoms with Crippen molar-refractivity contribution in [3.8, 4) is 11.5 Å². The highest BCUT2D eigenvalue weighted by atomic mass is 32.2. The van der Waals surface area contributed by atoms with Gasteiger partial charge in [-0.3, -0.25) is 24.1 Å². The third-order valence-corrected chi connectivity index (χ3v) is 5.51. The van der Waals surface area contributed by atoms with Gasteiger partial charge in [0.15, 0.2) is 11.5 Å². The van der Waals surface area contributed by atoms with Gasteiger partial charge in [-0.25, -0.2) is 13.4 Å². The van der Waals surface area contributed by atoms with Crippen LogP contribution in [-0.4, -0.2) is 34.2 Å². The summed E-state index contributed by atoms with van der Waals surface area (Å²) in [6, 6.07) is 13.2. The summed E-state index contributed by atoms with van der Waals surface area (Å²) >= 11 is 0. The predicted molar refractivity (Wildman–Crippen MR) is 121 cm³/mol. The highest BCUT2D eigenvalue weighted by Gasteiger charge is 2.36. The summed E-state index contributed by atoms with van der Waals surface area (Å²) in [7, 11) is -3.72. The third-order valence-electron chi connectivity index (χ3n) is 4.92. The van der Waals surface area contributed by atoms with Gasteiger partial charge in [-0.05, 0) is 30.2 Å². The average molecular weight is 489 g/mol. The summed E-state index contributed by atoms with van der Waals surface area (Å²) in [6.07, 6.45) is -1.32. The average Bonchev–Trinajstić information content (AvgIpc) is 2.77. The van der Waals surface area contributed by atoms with E-state index < -0.39 is 32.8 Å². The molecule has 3 heterocycles. The molecule has 0 amide bonds. The van der Waals surface area contributed by atoms with Crippen molar-refractivity contribution in [3.05, 3.63) is 82.5 Å². The molecule has 0 atom stereocenters.